The van der Waals surface area contributed by atoms with Gasteiger partial charge in [-0.05, 0) is 19.9 Å². The third-order valence-corrected chi connectivity index (χ3v) is 2.24. The first-order valence-corrected chi connectivity index (χ1v) is 5.01. The molecule has 0 saturated heterocycles. The number of nitrogens with one attached hydrogen (secondary N) is 1. The SMILES string of the molecule is CC(NC[C@H](C)O)c1cc(F)cc(F)c1O. The Kier molecular flexibility index (Phi) is 4.20. The highest BCUT2D eigenvalue weighted by molar-refractivity contribution is 5.36. The molecule has 0 aliphatic rings. The second kappa shape index (κ2) is 5.23. The van der Waals surface area contributed by atoms with Crippen LogP contribution in [-0.2, 0) is 0 Å². The molecule has 16 heavy (non-hydrogen) atoms. The van der Waals surface area contributed by atoms with Crippen LogP contribution in [0.25, 0.3) is 0 Å². The number of aliphatic hydroxyl groups is 1. The molecule has 0 amide bonds. The number of benzene rings is 1. The van der Waals surface area contributed by atoms with E-state index in [0.717, 1.165) is 6.07 Å². The maximum atomic E-state index is 13.0. The normalized spacial score (nSPS) is 14.8. The van der Waals surface area contributed by atoms with Crippen molar-refractivity contribution in [3.63, 3.8) is 0 Å². The first kappa shape index (κ1) is 12.9. The van der Waals surface area contributed by atoms with Crippen LogP contribution in [0.15, 0.2) is 12.1 Å². The lowest BCUT2D eigenvalue weighted by Gasteiger charge is -2.17. The van der Waals surface area contributed by atoms with Gasteiger partial charge in [0.25, 0.3) is 0 Å². The topological polar surface area (TPSA) is 52.5 Å². The quantitative estimate of drug-likeness (QED) is 0.739. The minimum absolute atomic E-state index is 0.137. The zero-order valence-electron chi connectivity index (χ0n) is 9.17. The second-order valence-electron chi connectivity index (χ2n) is 3.80. The number of aromatic hydroxyl groups is 1. The zero-order chi connectivity index (χ0) is 12.3. The van der Waals surface area contributed by atoms with E-state index in [1.807, 2.05) is 0 Å². The van der Waals surface area contributed by atoms with Gasteiger partial charge in [0.1, 0.15) is 5.82 Å². The van der Waals surface area contributed by atoms with Gasteiger partial charge in [-0.1, -0.05) is 0 Å². The molecule has 0 aliphatic heterocycles. The van der Waals surface area contributed by atoms with Crippen molar-refractivity contribution < 1.29 is 19.0 Å². The molecule has 2 atom stereocenters. The lowest BCUT2D eigenvalue weighted by atomic mass is 10.1. The van der Waals surface area contributed by atoms with Crippen molar-refractivity contribution in [2.45, 2.75) is 26.0 Å². The van der Waals surface area contributed by atoms with Gasteiger partial charge in [-0.15, -0.1) is 0 Å². The van der Waals surface area contributed by atoms with Crippen molar-refractivity contribution in [3.05, 3.63) is 29.3 Å². The molecule has 0 fully saturated rings. The smallest absolute Gasteiger partial charge is 0.168 e. The zero-order valence-corrected chi connectivity index (χ0v) is 9.17. The van der Waals surface area contributed by atoms with Gasteiger partial charge in [-0.25, -0.2) is 8.78 Å². The van der Waals surface area contributed by atoms with Crippen LogP contribution < -0.4 is 5.32 Å². The van der Waals surface area contributed by atoms with Crippen molar-refractivity contribution >= 4 is 0 Å². The molecular weight excluding hydrogens is 216 g/mol. The molecule has 0 bridgehead atoms. The van der Waals surface area contributed by atoms with E-state index in [1.165, 1.54) is 0 Å². The lowest BCUT2D eigenvalue weighted by Crippen LogP contribution is -2.27. The summed E-state index contributed by atoms with van der Waals surface area (Å²) in [6.07, 6.45) is -0.567. The maximum Gasteiger partial charge on any atom is 0.168 e. The number of rotatable bonds is 4. The van der Waals surface area contributed by atoms with Gasteiger partial charge in [0, 0.05) is 24.2 Å². The Bertz CT molecular complexity index is 369. The van der Waals surface area contributed by atoms with Crippen molar-refractivity contribution in [2.24, 2.45) is 0 Å². The first-order valence-electron chi connectivity index (χ1n) is 5.01. The Hall–Kier alpha value is -1.20. The Morgan fingerprint density at radius 3 is 2.50 bits per heavy atom. The molecule has 0 saturated carbocycles. The molecule has 5 heteroatoms. The third kappa shape index (κ3) is 3.15. The Balaban J connectivity index is 2.86. The van der Waals surface area contributed by atoms with Gasteiger partial charge in [0.05, 0.1) is 6.10 Å². The fourth-order valence-corrected chi connectivity index (χ4v) is 1.37. The molecule has 3 nitrogen and oxygen atoms in total. The molecule has 1 unspecified atom stereocenters. The van der Waals surface area contributed by atoms with Gasteiger partial charge in [-0.3, -0.25) is 0 Å². The number of phenols is 1. The van der Waals surface area contributed by atoms with Gasteiger partial charge in [-0.2, -0.15) is 0 Å². The van der Waals surface area contributed by atoms with Crippen molar-refractivity contribution in [1.82, 2.24) is 5.32 Å². The number of phenolic OH excluding ortho intramolecular Hbond substituents is 1. The molecule has 0 spiro atoms. The van der Waals surface area contributed by atoms with Gasteiger partial charge >= 0.3 is 0 Å². The van der Waals surface area contributed by atoms with E-state index >= 15 is 0 Å². The number of aliphatic hydroxyl groups excluding tert-OH is 1. The minimum Gasteiger partial charge on any atom is -0.505 e. The summed E-state index contributed by atoms with van der Waals surface area (Å²) >= 11 is 0. The Morgan fingerprint density at radius 2 is 1.94 bits per heavy atom. The summed E-state index contributed by atoms with van der Waals surface area (Å²) in [4.78, 5) is 0. The van der Waals surface area contributed by atoms with Crippen LogP contribution in [0.1, 0.15) is 25.5 Å². The largest absolute Gasteiger partial charge is 0.505 e. The molecular formula is C11H15F2NO2. The Morgan fingerprint density at radius 1 is 1.31 bits per heavy atom. The highest BCUT2D eigenvalue weighted by Gasteiger charge is 2.15. The predicted octanol–water partition coefficient (Wildman–Crippen LogP) is 1.70. The lowest BCUT2D eigenvalue weighted by molar-refractivity contribution is 0.187. The van der Waals surface area contributed by atoms with E-state index in [0.29, 0.717) is 6.07 Å². The highest BCUT2D eigenvalue weighted by atomic mass is 19.1. The van der Waals surface area contributed by atoms with Gasteiger partial charge < -0.3 is 15.5 Å². The number of halogens is 2. The van der Waals surface area contributed by atoms with Crippen LogP contribution >= 0.6 is 0 Å². The summed E-state index contributed by atoms with van der Waals surface area (Å²) in [5, 5.41) is 21.3. The van der Waals surface area contributed by atoms with Crippen LogP contribution in [0.4, 0.5) is 8.78 Å². The van der Waals surface area contributed by atoms with Crippen LogP contribution in [0.3, 0.4) is 0 Å². The summed E-state index contributed by atoms with van der Waals surface area (Å²) < 4.78 is 26.0. The summed E-state index contributed by atoms with van der Waals surface area (Å²) in [7, 11) is 0. The monoisotopic (exact) mass is 231 g/mol. The van der Waals surface area contributed by atoms with Gasteiger partial charge in [0.15, 0.2) is 11.6 Å². The average molecular weight is 231 g/mol. The van der Waals surface area contributed by atoms with Gasteiger partial charge in [0.2, 0.25) is 0 Å². The van der Waals surface area contributed by atoms with Crippen molar-refractivity contribution in [2.75, 3.05) is 6.54 Å². The molecule has 1 aromatic rings. The molecule has 3 N–H and O–H groups in total. The maximum absolute atomic E-state index is 13.0. The molecule has 90 valence electrons. The molecule has 1 aromatic carbocycles. The van der Waals surface area contributed by atoms with E-state index < -0.39 is 29.5 Å². The van der Waals surface area contributed by atoms with E-state index in [9.17, 15) is 13.9 Å². The van der Waals surface area contributed by atoms with E-state index in [2.05, 4.69) is 5.32 Å². The summed E-state index contributed by atoms with van der Waals surface area (Å²) in [5.41, 5.74) is 0.137. The van der Waals surface area contributed by atoms with Crippen molar-refractivity contribution in [3.8, 4) is 5.75 Å². The van der Waals surface area contributed by atoms with Crippen LogP contribution in [0.5, 0.6) is 5.75 Å². The van der Waals surface area contributed by atoms with Crippen LogP contribution in [0, 0.1) is 11.6 Å². The van der Waals surface area contributed by atoms with Crippen LogP contribution in [-0.4, -0.2) is 22.9 Å². The molecule has 0 aliphatic carbocycles. The third-order valence-electron chi connectivity index (χ3n) is 2.24. The second-order valence-corrected chi connectivity index (χ2v) is 3.80. The average Bonchev–Trinajstić information content (AvgIpc) is 2.19. The van der Waals surface area contributed by atoms with Crippen molar-refractivity contribution in [1.29, 1.82) is 0 Å². The molecule has 0 heterocycles. The number of hydrogen-bond acceptors (Lipinski definition) is 3. The molecule has 0 aromatic heterocycles. The standard InChI is InChI=1S/C11H15F2NO2/c1-6(15)5-14-7(2)9-3-8(12)4-10(13)11(9)16/h3-4,6-7,14-16H,5H2,1-2H3/t6-,7?/m0/s1. The van der Waals surface area contributed by atoms with E-state index in [-0.39, 0.29) is 12.1 Å². The fraction of sp³-hybridized carbons (Fsp3) is 0.455. The fourth-order valence-electron chi connectivity index (χ4n) is 1.37. The molecule has 0 radical (unpaired) electrons. The highest BCUT2D eigenvalue weighted by Crippen LogP contribution is 2.27. The van der Waals surface area contributed by atoms with Crippen LogP contribution in [0.2, 0.25) is 0 Å². The number of hydrogen-bond donors (Lipinski definition) is 3. The predicted molar refractivity (Wildman–Crippen MR) is 56.1 cm³/mol. The summed E-state index contributed by atoms with van der Waals surface area (Å²) in [6.45, 7) is 3.51. The van der Waals surface area contributed by atoms with E-state index in [1.54, 1.807) is 13.8 Å². The summed E-state index contributed by atoms with van der Waals surface area (Å²) in [6, 6.07) is 1.25. The minimum atomic E-state index is -0.985. The Labute approximate surface area is 92.7 Å². The molecule has 1 rings (SSSR count). The summed E-state index contributed by atoms with van der Waals surface area (Å²) in [5.74, 6) is -2.29. The first-order chi connectivity index (χ1) is 7.41. The van der Waals surface area contributed by atoms with E-state index in [4.69, 9.17) is 5.11 Å².